The summed E-state index contributed by atoms with van der Waals surface area (Å²) in [6, 6.07) is 4.30. The van der Waals surface area contributed by atoms with Gasteiger partial charge in [-0.25, -0.2) is 0 Å². The topological polar surface area (TPSA) is 20.2 Å². The first kappa shape index (κ1) is 12.7. The molecule has 0 aliphatic heterocycles. The highest BCUT2D eigenvalue weighted by Crippen LogP contribution is 2.69. The van der Waals surface area contributed by atoms with E-state index in [1.54, 1.807) is 0 Å². The van der Waals surface area contributed by atoms with Gasteiger partial charge in [0.2, 0.25) is 0 Å². The van der Waals surface area contributed by atoms with Crippen molar-refractivity contribution >= 4 is 11.3 Å². The van der Waals surface area contributed by atoms with E-state index in [1.165, 1.54) is 24.1 Å². The highest BCUT2D eigenvalue weighted by molar-refractivity contribution is 7.09. The molecule has 0 saturated heterocycles. The molecule has 1 nitrogen and oxygen atoms in total. The van der Waals surface area contributed by atoms with Gasteiger partial charge in [0.25, 0.3) is 0 Å². The van der Waals surface area contributed by atoms with Gasteiger partial charge in [-0.15, -0.1) is 11.3 Å². The summed E-state index contributed by atoms with van der Waals surface area (Å²) < 4.78 is 0. The van der Waals surface area contributed by atoms with Crippen molar-refractivity contribution in [2.75, 3.05) is 0 Å². The van der Waals surface area contributed by atoms with Crippen molar-refractivity contribution in [1.29, 1.82) is 0 Å². The predicted molar refractivity (Wildman–Crippen MR) is 76.8 cm³/mol. The van der Waals surface area contributed by atoms with Gasteiger partial charge in [0.15, 0.2) is 0 Å². The van der Waals surface area contributed by atoms with E-state index in [-0.39, 0.29) is 10.8 Å². The minimum atomic E-state index is -0.479. The lowest BCUT2D eigenvalue weighted by Gasteiger charge is -2.51. The van der Waals surface area contributed by atoms with Crippen LogP contribution in [0.2, 0.25) is 0 Å². The fourth-order valence-electron chi connectivity index (χ4n) is 4.73. The van der Waals surface area contributed by atoms with Crippen molar-refractivity contribution in [1.82, 2.24) is 0 Å². The molecule has 2 bridgehead atoms. The van der Waals surface area contributed by atoms with E-state index in [0.29, 0.717) is 0 Å². The lowest BCUT2D eigenvalue weighted by atomic mass is 9.59. The van der Waals surface area contributed by atoms with Crippen LogP contribution in [0.3, 0.4) is 0 Å². The molecule has 1 N–H and O–H groups in total. The maximum absolute atomic E-state index is 11.4. The second-order valence-corrected chi connectivity index (χ2v) is 8.19. The predicted octanol–water partition coefficient (Wildman–Crippen LogP) is 4.26. The number of hydrogen-bond acceptors (Lipinski definition) is 2. The zero-order valence-corrected chi connectivity index (χ0v) is 12.5. The zero-order valence-electron chi connectivity index (χ0n) is 11.7. The summed E-state index contributed by atoms with van der Waals surface area (Å²) in [6.07, 6.45) is 5.70. The SMILES string of the molecule is CC12CCC(C1)C(C)(C)C2(O)CCc1cccs1. The van der Waals surface area contributed by atoms with Gasteiger partial charge in [-0.1, -0.05) is 26.8 Å². The molecule has 0 aromatic carbocycles. The van der Waals surface area contributed by atoms with E-state index in [9.17, 15) is 5.11 Å². The molecule has 1 heterocycles. The molecule has 100 valence electrons. The molecule has 3 rings (SSSR count). The minimum absolute atomic E-state index is 0.0806. The van der Waals surface area contributed by atoms with Crippen molar-refractivity contribution in [2.24, 2.45) is 16.7 Å². The maximum atomic E-state index is 11.4. The van der Waals surface area contributed by atoms with Crippen LogP contribution in [0.1, 0.15) is 51.3 Å². The van der Waals surface area contributed by atoms with Crippen molar-refractivity contribution in [3.05, 3.63) is 22.4 Å². The average molecular weight is 264 g/mol. The number of fused-ring (bicyclic) bond motifs is 2. The van der Waals surface area contributed by atoms with E-state index < -0.39 is 5.60 Å². The molecule has 18 heavy (non-hydrogen) atoms. The Labute approximate surface area is 114 Å². The smallest absolute Gasteiger partial charge is 0.0757 e. The van der Waals surface area contributed by atoms with Crippen LogP contribution < -0.4 is 0 Å². The number of aryl methyl sites for hydroxylation is 1. The molecule has 1 aromatic heterocycles. The molecule has 2 fully saturated rings. The van der Waals surface area contributed by atoms with E-state index in [1.807, 2.05) is 11.3 Å². The third-order valence-electron chi connectivity index (χ3n) is 6.14. The Kier molecular flexibility index (Phi) is 2.70. The Morgan fingerprint density at radius 3 is 2.72 bits per heavy atom. The Morgan fingerprint density at radius 1 is 1.39 bits per heavy atom. The molecule has 3 atom stereocenters. The van der Waals surface area contributed by atoms with E-state index in [0.717, 1.165) is 18.8 Å². The zero-order chi connectivity index (χ0) is 13.0. The van der Waals surface area contributed by atoms with Gasteiger partial charge in [-0.05, 0) is 60.3 Å². The van der Waals surface area contributed by atoms with Crippen LogP contribution in [-0.2, 0) is 6.42 Å². The molecule has 1 aromatic rings. The molecule has 2 aliphatic carbocycles. The summed E-state index contributed by atoms with van der Waals surface area (Å²) in [4.78, 5) is 1.41. The van der Waals surface area contributed by atoms with Gasteiger partial charge in [-0.2, -0.15) is 0 Å². The van der Waals surface area contributed by atoms with Crippen LogP contribution in [-0.4, -0.2) is 10.7 Å². The van der Waals surface area contributed by atoms with Crippen molar-refractivity contribution < 1.29 is 5.11 Å². The fourth-order valence-corrected chi connectivity index (χ4v) is 5.44. The first-order valence-electron chi connectivity index (χ1n) is 7.14. The number of aliphatic hydroxyl groups is 1. The molecule has 2 saturated carbocycles. The first-order valence-corrected chi connectivity index (χ1v) is 8.02. The third-order valence-corrected chi connectivity index (χ3v) is 7.08. The largest absolute Gasteiger partial charge is 0.389 e. The number of thiophene rings is 1. The standard InChI is InChI=1S/C16H24OS/c1-14(2)12-6-8-15(3,11-12)16(14,17)9-7-13-5-4-10-18-13/h4-5,10,12,17H,6-9,11H2,1-3H3. The van der Waals surface area contributed by atoms with Crippen molar-refractivity contribution in [3.63, 3.8) is 0 Å². The molecule has 2 heteroatoms. The second-order valence-electron chi connectivity index (χ2n) is 7.16. The van der Waals surface area contributed by atoms with Crippen LogP contribution >= 0.6 is 11.3 Å². The molecular formula is C16H24OS. The van der Waals surface area contributed by atoms with Crippen LogP contribution in [0, 0.1) is 16.7 Å². The summed E-state index contributed by atoms with van der Waals surface area (Å²) in [5.74, 6) is 0.718. The van der Waals surface area contributed by atoms with Gasteiger partial charge in [0.1, 0.15) is 0 Å². The summed E-state index contributed by atoms with van der Waals surface area (Å²) in [6.45, 7) is 6.89. The molecule has 0 spiro atoms. The molecule has 2 aliphatic rings. The Bertz CT molecular complexity index is 429. The Balaban J connectivity index is 1.84. The van der Waals surface area contributed by atoms with Crippen LogP contribution in [0.15, 0.2) is 17.5 Å². The van der Waals surface area contributed by atoms with Gasteiger partial charge in [0.05, 0.1) is 5.60 Å². The van der Waals surface area contributed by atoms with Crippen LogP contribution in [0.25, 0.3) is 0 Å². The first-order chi connectivity index (χ1) is 8.39. The Morgan fingerprint density at radius 2 is 2.17 bits per heavy atom. The highest BCUT2D eigenvalue weighted by atomic mass is 32.1. The van der Waals surface area contributed by atoms with Gasteiger partial charge in [0, 0.05) is 4.88 Å². The molecule has 0 radical (unpaired) electrons. The summed E-state index contributed by atoms with van der Waals surface area (Å²) in [7, 11) is 0. The van der Waals surface area contributed by atoms with Crippen LogP contribution in [0.4, 0.5) is 0 Å². The van der Waals surface area contributed by atoms with E-state index in [4.69, 9.17) is 0 Å². The van der Waals surface area contributed by atoms with Crippen molar-refractivity contribution in [3.8, 4) is 0 Å². The maximum Gasteiger partial charge on any atom is 0.0757 e. The van der Waals surface area contributed by atoms with E-state index in [2.05, 4.69) is 38.3 Å². The summed E-state index contributed by atoms with van der Waals surface area (Å²) in [5.41, 5.74) is -0.247. The quantitative estimate of drug-likeness (QED) is 0.865. The fraction of sp³-hybridized carbons (Fsp3) is 0.750. The van der Waals surface area contributed by atoms with E-state index >= 15 is 0 Å². The number of rotatable bonds is 3. The molecular weight excluding hydrogens is 240 g/mol. The Hall–Kier alpha value is -0.340. The highest BCUT2D eigenvalue weighted by Gasteiger charge is 2.67. The van der Waals surface area contributed by atoms with Crippen LogP contribution in [0.5, 0.6) is 0 Å². The monoisotopic (exact) mass is 264 g/mol. The van der Waals surface area contributed by atoms with Crippen molar-refractivity contribution in [2.45, 2.75) is 58.5 Å². The van der Waals surface area contributed by atoms with Gasteiger partial charge < -0.3 is 5.11 Å². The number of hydrogen-bond donors (Lipinski definition) is 1. The second kappa shape index (κ2) is 3.83. The minimum Gasteiger partial charge on any atom is -0.389 e. The summed E-state index contributed by atoms with van der Waals surface area (Å²) in [5, 5.41) is 13.5. The van der Waals surface area contributed by atoms with Gasteiger partial charge in [-0.3, -0.25) is 0 Å². The third kappa shape index (κ3) is 1.48. The molecule has 0 amide bonds. The lowest BCUT2D eigenvalue weighted by molar-refractivity contribution is -0.147. The lowest BCUT2D eigenvalue weighted by Crippen LogP contribution is -2.54. The summed E-state index contributed by atoms with van der Waals surface area (Å²) >= 11 is 1.81. The molecule has 3 unspecified atom stereocenters. The normalized spacial score (nSPS) is 41.4. The van der Waals surface area contributed by atoms with Gasteiger partial charge >= 0.3 is 0 Å². The average Bonchev–Trinajstić information content (AvgIpc) is 2.97.